The minimum atomic E-state index is -3.24. The van der Waals surface area contributed by atoms with Gasteiger partial charge in [-0.3, -0.25) is 14.4 Å². The number of halogens is 2. The maximum Gasteiger partial charge on any atom is 0.408 e. The molecule has 1 fully saturated rings. The smallest absolute Gasteiger partial charge is 0.408 e. The Morgan fingerprint density at radius 3 is 1.81 bits per heavy atom. The van der Waals surface area contributed by atoms with Gasteiger partial charge < -0.3 is 29.6 Å². The molecule has 3 aromatic carbocycles. The van der Waals surface area contributed by atoms with Crippen molar-refractivity contribution in [2.24, 2.45) is 11.8 Å². The number of nitrogens with one attached hydrogen (secondary N) is 2. The van der Waals surface area contributed by atoms with Crippen molar-refractivity contribution >= 4 is 23.6 Å². The number of alkyl carbamates (subject to hydrolysis) is 1. The molecule has 0 bridgehead atoms. The van der Waals surface area contributed by atoms with Crippen LogP contribution in [0.1, 0.15) is 103 Å². The zero-order valence-corrected chi connectivity index (χ0v) is 35.1. The summed E-state index contributed by atoms with van der Waals surface area (Å²) in [5, 5.41) is 5.28. The van der Waals surface area contributed by atoms with Gasteiger partial charge in [0.25, 0.3) is 5.92 Å². The molecule has 2 N–H and O–H groups in total. The van der Waals surface area contributed by atoms with Gasteiger partial charge in [0.15, 0.2) is 5.78 Å². The second kappa shape index (κ2) is 23.9. The van der Waals surface area contributed by atoms with E-state index >= 15 is 8.78 Å². The number of carbonyl (C=O) groups is 4. The second-order valence-electron chi connectivity index (χ2n) is 15.8. The minimum absolute atomic E-state index is 0.00623. The lowest BCUT2D eigenvalue weighted by atomic mass is 9.83. The number of Topliss-reactive ketones (excluding diaryl/α,β-unsaturated/α-hetero) is 2. The molecule has 3 aromatic rings. The summed E-state index contributed by atoms with van der Waals surface area (Å²) < 4.78 is 57.2. The number of ether oxygens (including phenoxy) is 4. The molecule has 1 saturated heterocycles. The Balaban J connectivity index is 1.37. The van der Waals surface area contributed by atoms with Crippen LogP contribution in [-0.4, -0.2) is 66.0 Å². The van der Waals surface area contributed by atoms with E-state index in [-0.39, 0.29) is 56.6 Å². The standard InChI is InChI=1S/C47H62F2N2O8/c1-6-41-33(3)42(56-29-36-20-12-9-13-21-36)43(57-30-37-22-14-10-15-23-37)44(59-41)47(48,49)27-19-8-7-18-26-39(51-46(55)58-31-38-24-16-11-17-25-38)45(54)50-34(4)40(53)28-32(2)35(5)52/h9-17,20-25,32-34,39,41-44H,6-8,18-19,26-31H2,1-5H3,(H,50,54)(H,51,55)/t32-,33+,34+,39+,41-,42+,43-,44-/m1/s1. The van der Waals surface area contributed by atoms with Crippen LogP contribution in [0.15, 0.2) is 91.0 Å². The highest BCUT2D eigenvalue weighted by molar-refractivity contribution is 5.93. The molecule has 59 heavy (non-hydrogen) atoms. The van der Waals surface area contributed by atoms with Crippen molar-refractivity contribution in [3.8, 4) is 0 Å². The lowest BCUT2D eigenvalue weighted by Crippen LogP contribution is -2.61. The van der Waals surface area contributed by atoms with Gasteiger partial charge in [-0.2, -0.15) is 0 Å². The molecular weight excluding hydrogens is 759 g/mol. The van der Waals surface area contributed by atoms with Gasteiger partial charge >= 0.3 is 6.09 Å². The van der Waals surface area contributed by atoms with E-state index in [0.29, 0.717) is 25.7 Å². The van der Waals surface area contributed by atoms with Crippen molar-refractivity contribution in [3.63, 3.8) is 0 Å². The summed E-state index contributed by atoms with van der Waals surface area (Å²) in [5.74, 6) is -4.94. The third kappa shape index (κ3) is 15.2. The first kappa shape index (κ1) is 47.2. The molecule has 0 aromatic heterocycles. The Labute approximate surface area is 348 Å². The van der Waals surface area contributed by atoms with Crippen molar-refractivity contribution in [2.75, 3.05) is 0 Å². The Morgan fingerprint density at radius 1 is 0.746 bits per heavy atom. The van der Waals surface area contributed by atoms with Gasteiger partial charge in [-0.1, -0.05) is 131 Å². The monoisotopic (exact) mass is 820 g/mol. The zero-order valence-electron chi connectivity index (χ0n) is 35.1. The summed E-state index contributed by atoms with van der Waals surface area (Å²) >= 11 is 0. The van der Waals surface area contributed by atoms with Crippen LogP contribution in [0, 0.1) is 11.8 Å². The molecule has 0 saturated carbocycles. The number of amides is 2. The quantitative estimate of drug-likeness (QED) is 0.0858. The molecule has 0 spiro atoms. The minimum Gasteiger partial charge on any atom is -0.445 e. The third-order valence-corrected chi connectivity index (χ3v) is 11.1. The Bertz CT molecular complexity index is 1730. The van der Waals surface area contributed by atoms with E-state index in [1.165, 1.54) is 13.8 Å². The number of benzene rings is 3. The first-order valence-corrected chi connectivity index (χ1v) is 20.9. The third-order valence-electron chi connectivity index (χ3n) is 11.1. The van der Waals surface area contributed by atoms with Crippen LogP contribution in [0.25, 0.3) is 0 Å². The van der Waals surface area contributed by atoms with Crippen molar-refractivity contribution < 1.29 is 46.9 Å². The molecular formula is C47H62F2N2O8. The molecule has 10 nitrogen and oxygen atoms in total. The average molecular weight is 821 g/mol. The fourth-order valence-corrected chi connectivity index (χ4v) is 7.24. The second-order valence-corrected chi connectivity index (χ2v) is 15.8. The molecule has 1 aliphatic rings. The first-order valence-electron chi connectivity index (χ1n) is 20.9. The first-order chi connectivity index (χ1) is 28.3. The Hall–Kier alpha value is -4.52. The van der Waals surface area contributed by atoms with Gasteiger partial charge in [-0.25, -0.2) is 13.6 Å². The number of alkyl halides is 2. The lowest BCUT2D eigenvalue weighted by molar-refractivity contribution is -0.284. The summed E-state index contributed by atoms with van der Waals surface area (Å²) in [6, 6.07) is 26.2. The molecule has 1 heterocycles. The van der Waals surface area contributed by atoms with Crippen LogP contribution >= 0.6 is 0 Å². The Morgan fingerprint density at radius 2 is 1.27 bits per heavy atom. The van der Waals surface area contributed by atoms with Crippen LogP contribution in [0.4, 0.5) is 13.6 Å². The molecule has 0 radical (unpaired) electrons. The summed E-state index contributed by atoms with van der Waals surface area (Å²) in [7, 11) is 0. The maximum absolute atomic E-state index is 16.4. The molecule has 4 rings (SSSR count). The molecule has 8 atom stereocenters. The summed E-state index contributed by atoms with van der Waals surface area (Å²) in [6.45, 7) is 8.86. The van der Waals surface area contributed by atoms with Crippen molar-refractivity contribution in [1.29, 1.82) is 0 Å². The predicted octanol–water partition coefficient (Wildman–Crippen LogP) is 8.93. The highest BCUT2D eigenvalue weighted by Crippen LogP contribution is 2.41. The summed E-state index contributed by atoms with van der Waals surface area (Å²) in [6.07, 6.45) is -2.64. The number of ketones is 2. The molecule has 0 aliphatic carbocycles. The molecule has 2 amide bonds. The number of hydrogen-bond donors (Lipinski definition) is 2. The topological polar surface area (TPSA) is 129 Å². The fraction of sp³-hybridized carbons (Fsp3) is 0.532. The van der Waals surface area contributed by atoms with Gasteiger partial charge in [-0.05, 0) is 49.8 Å². The molecule has 322 valence electrons. The molecule has 12 heteroatoms. The highest BCUT2D eigenvalue weighted by Gasteiger charge is 2.54. The van der Waals surface area contributed by atoms with Crippen LogP contribution in [0.2, 0.25) is 0 Å². The Kier molecular flexibility index (Phi) is 19.1. The number of unbranched alkanes of at least 4 members (excludes halogenated alkanes) is 3. The lowest BCUT2D eigenvalue weighted by Gasteiger charge is -2.47. The van der Waals surface area contributed by atoms with E-state index in [1.807, 2.05) is 92.7 Å². The van der Waals surface area contributed by atoms with E-state index in [0.717, 1.165) is 16.7 Å². The van der Waals surface area contributed by atoms with Crippen LogP contribution in [0.3, 0.4) is 0 Å². The normalized spacial score (nSPS) is 20.8. The SMILES string of the molecule is CC[C@H]1O[C@@H](C(F)(F)CCCCCC[C@H](NC(=O)OCc2ccccc2)C(=O)N[C@@H](C)C(=O)C[C@@H](C)C(C)=O)[C@H](OCc2ccccc2)[C@@H](OCc2ccccc2)[C@H]1C. The largest absolute Gasteiger partial charge is 0.445 e. The zero-order chi connectivity index (χ0) is 42.8. The molecule has 0 unspecified atom stereocenters. The van der Waals surface area contributed by atoms with Gasteiger partial charge in [-0.15, -0.1) is 0 Å². The fourth-order valence-electron chi connectivity index (χ4n) is 7.24. The van der Waals surface area contributed by atoms with E-state index in [2.05, 4.69) is 10.6 Å². The van der Waals surface area contributed by atoms with E-state index in [9.17, 15) is 19.2 Å². The van der Waals surface area contributed by atoms with Crippen LogP contribution in [0.5, 0.6) is 0 Å². The van der Waals surface area contributed by atoms with Gasteiger partial charge in [0.2, 0.25) is 5.91 Å². The maximum atomic E-state index is 16.4. The summed E-state index contributed by atoms with van der Waals surface area (Å²) in [4.78, 5) is 50.6. The van der Waals surface area contributed by atoms with E-state index in [4.69, 9.17) is 18.9 Å². The van der Waals surface area contributed by atoms with Crippen molar-refractivity contribution in [3.05, 3.63) is 108 Å². The molecule has 1 aliphatic heterocycles. The van der Waals surface area contributed by atoms with Crippen molar-refractivity contribution in [2.45, 2.75) is 148 Å². The van der Waals surface area contributed by atoms with Gasteiger partial charge in [0.05, 0.1) is 31.5 Å². The van der Waals surface area contributed by atoms with Crippen LogP contribution in [-0.2, 0) is 53.2 Å². The predicted molar refractivity (Wildman–Crippen MR) is 221 cm³/mol. The van der Waals surface area contributed by atoms with Gasteiger partial charge in [0.1, 0.15) is 30.6 Å². The number of hydrogen-bond acceptors (Lipinski definition) is 8. The number of carbonyl (C=O) groups excluding carboxylic acids is 4. The highest BCUT2D eigenvalue weighted by atomic mass is 19.3. The van der Waals surface area contributed by atoms with E-state index < -0.39 is 66.8 Å². The summed E-state index contributed by atoms with van der Waals surface area (Å²) in [5.41, 5.74) is 2.56. The van der Waals surface area contributed by atoms with E-state index in [1.54, 1.807) is 19.1 Å². The number of rotatable bonds is 24. The van der Waals surface area contributed by atoms with Crippen LogP contribution < -0.4 is 10.6 Å². The van der Waals surface area contributed by atoms with Crippen molar-refractivity contribution in [1.82, 2.24) is 10.6 Å². The average Bonchev–Trinajstić information content (AvgIpc) is 3.23. The van der Waals surface area contributed by atoms with Gasteiger partial charge in [0, 0.05) is 24.7 Å².